The van der Waals surface area contributed by atoms with Gasteiger partial charge in [-0.05, 0) is 19.4 Å². The summed E-state index contributed by atoms with van der Waals surface area (Å²) in [6.45, 7) is 11.0. The number of nitrogens with one attached hydrogen (secondary N) is 1. The zero-order valence-electron chi connectivity index (χ0n) is 11.9. The molecule has 0 aromatic carbocycles. The Morgan fingerprint density at radius 3 is 2.83 bits per heavy atom. The molecule has 1 aliphatic rings. The molecule has 106 valence electrons. The maximum Gasteiger partial charge on any atom is 0.250 e. The van der Waals surface area contributed by atoms with Crippen molar-refractivity contribution >= 4 is 5.91 Å². The molecule has 0 radical (unpaired) electrons. The van der Waals surface area contributed by atoms with Gasteiger partial charge in [-0.3, -0.25) is 9.69 Å². The van der Waals surface area contributed by atoms with E-state index in [4.69, 9.17) is 4.74 Å². The average Bonchev–Trinajstić information content (AvgIpc) is 2.36. The first-order valence-corrected chi connectivity index (χ1v) is 6.71. The molecule has 0 bridgehead atoms. The zero-order valence-corrected chi connectivity index (χ0v) is 11.9. The van der Waals surface area contributed by atoms with E-state index in [1.54, 1.807) is 6.92 Å². The minimum atomic E-state index is -0.880. The molecule has 5 heteroatoms. The highest BCUT2D eigenvalue weighted by Gasteiger charge is 2.29. The summed E-state index contributed by atoms with van der Waals surface area (Å²) < 4.78 is 5.46. The normalized spacial score (nSPS) is 24.9. The van der Waals surface area contributed by atoms with Crippen LogP contribution >= 0.6 is 0 Å². The van der Waals surface area contributed by atoms with Crippen molar-refractivity contribution in [2.24, 2.45) is 5.92 Å². The van der Waals surface area contributed by atoms with Crippen LogP contribution in [-0.2, 0) is 9.53 Å². The predicted octanol–water partition coefficient (Wildman–Crippen LogP) is 0.230. The molecule has 5 nitrogen and oxygen atoms in total. The van der Waals surface area contributed by atoms with E-state index in [0.29, 0.717) is 13.2 Å². The van der Waals surface area contributed by atoms with Gasteiger partial charge in [0.15, 0.2) is 0 Å². The first-order valence-electron chi connectivity index (χ1n) is 6.71. The Bertz CT molecular complexity index is 279. The molecule has 18 heavy (non-hydrogen) atoms. The van der Waals surface area contributed by atoms with Gasteiger partial charge < -0.3 is 15.2 Å². The molecule has 2 atom stereocenters. The molecule has 0 aliphatic carbocycles. The van der Waals surface area contributed by atoms with E-state index in [1.165, 1.54) is 0 Å². The molecule has 1 aliphatic heterocycles. The second-order valence-corrected chi connectivity index (χ2v) is 5.48. The van der Waals surface area contributed by atoms with Crippen LogP contribution in [0.3, 0.4) is 0 Å². The Morgan fingerprint density at radius 1 is 1.61 bits per heavy atom. The fourth-order valence-electron chi connectivity index (χ4n) is 1.73. The van der Waals surface area contributed by atoms with Gasteiger partial charge in [-0.1, -0.05) is 20.8 Å². The lowest BCUT2D eigenvalue weighted by Crippen LogP contribution is -2.52. The summed E-state index contributed by atoms with van der Waals surface area (Å²) in [4.78, 5) is 14.1. The van der Waals surface area contributed by atoms with Crippen LogP contribution in [-0.4, -0.2) is 60.4 Å². The van der Waals surface area contributed by atoms with Gasteiger partial charge in [0.25, 0.3) is 5.91 Å². The average molecular weight is 258 g/mol. The van der Waals surface area contributed by atoms with Crippen LogP contribution in [0.4, 0.5) is 0 Å². The van der Waals surface area contributed by atoms with Crippen molar-refractivity contribution in [3.05, 3.63) is 0 Å². The van der Waals surface area contributed by atoms with E-state index in [0.717, 1.165) is 13.1 Å². The highest BCUT2D eigenvalue weighted by molar-refractivity contribution is 5.81. The van der Waals surface area contributed by atoms with Crippen LogP contribution in [0.5, 0.6) is 0 Å². The van der Waals surface area contributed by atoms with Gasteiger partial charge in [-0.2, -0.15) is 0 Å². The van der Waals surface area contributed by atoms with Gasteiger partial charge in [0.1, 0.15) is 6.10 Å². The maximum absolute atomic E-state index is 12.0. The van der Waals surface area contributed by atoms with E-state index < -0.39 is 11.7 Å². The number of nitrogens with zero attached hydrogens (tertiary/aromatic N) is 1. The van der Waals surface area contributed by atoms with Gasteiger partial charge in [-0.25, -0.2) is 0 Å². The van der Waals surface area contributed by atoms with Gasteiger partial charge in [-0.15, -0.1) is 0 Å². The van der Waals surface area contributed by atoms with E-state index >= 15 is 0 Å². The lowest BCUT2D eigenvalue weighted by Gasteiger charge is -2.33. The molecule has 0 aromatic rings. The first-order chi connectivity index (χ1) is 8.36. The van der Waals surface area contributed by atoms with Crippen molar-refractivity contribution in [3.8, 4) is 0 Å². The SMILES string of the molecule is CCN1CCOC(C(=O)NCC(C)(O)C(C)C)C1. The van der Waals surface area contributed by atoms with Crippen molar-refractivity contribution in [2.45, 2.75) is 39.4 Å². The monoisotopic (exact) mass is 258 g/mol. The van der Waals surface area contributed by atoms with Crippen LogP contribution in [0.1, 0.15) is 27.7 Å². The molecule has 1 amide bonds. The van der Waals surface area contributed by atoms with Gasteiger partial charge >= 0.3 is 0 Å². The summed E-state index contributed by atoms with van der Waals surface area (Å²) in [7, 11) is 0. The van der Waals surface area contributed by atoms with Crippen molar-refractivity contribution in [3.63, 3.8) is 0 Å². The van der Waals surface area contributed by atoms with Crippen LogP contribution in [0, 0.1) is 5.92 Å². The highest BCUT2D eigenvalue weighted by atomic mass is 16.5. The van der Waals surface area contributed by atoms with Crippen molar-refractivity contribution < 1.29 is 14.6 Å². The molecule has 1 fully saturated rings. The number of aliphatic hydroxyl groups is 1. The lowest BCUT2D eigenvalue weighted by atomic mass is 9.92. The molecule has 0 spiro atoms. The number of rotatable bonds is 5. The molecule has 1 rings (SSSR count). The Balaban J connectivity index is 2.41. The van der Waals surface area contributed by atoms with E-state index in [2.05, 4.69) is 17.1 Å². The van der Waals surface area contributed by atoms with Crippen LogP contribution in [0.2, 0.25) is 0 Å². The number of carbonyl (C=O) groups is 1. The Hall–Kier alpha value is -0.650. The summed E-state index contributed by atoms with van der Waals surface area (Å²) in [5, 5.41) is 12.8. The molecular weight excluding hydrogens is 232 g/mol. The Labute approximate surface area is 109 Å². The largest absolute Gasteiger partial charge is 0.388 e. The van der Waals surface area contributed by atoms with Gasteiger partial charge in [0.2, 0.25) is 0 Å². The minimum Gasteiger partial charge on any atom is -0.388 e. The molecule has 2 unspecified atom stereocenters. The fraction of sp³-hybridized carbons (Fsp3) is 0.923. The minimum absolute atomic E-state index is 0.0946. The number of hydrogen-bond acceptors (Lipinski definition) is 4. The third-order valence-corrected chi connectivity index (χ3v) is 3.75. The number of amides is 1. The number of likely N-dealkylation sites (N-methyl/N-ethyl adjacent to an activating group) is 1. The predicted molar refractivity (Wildman–Crippen MR) is 70.3 cm³/mol. The summed E-state index contributed by atoms with van der Waals surface area (Å²) in [6, 6.07) is 0. The third-order valence-electron chi connectivity index (χ3n) is 3.75. The second-order valence-electron chi connectivity index (χ2n) is 5.48. The van der Waals surface area contributed by atoms with E-state index in [1.807, 2.05) is 13.8 Å². The van der Waals surface area contributed by atoms with E-state index in [9.17, 15) is 9.90 Å². The fourth-order valence-corrected chi connectivity index (χ4v) is 1.73. The van der Waals surface area contributed by atoms with Gasteiger partial charge in [0, 0.05) is 19.6 Å². The van der Waals surface area contributed by atoms with Crippen LogP contribution < -0.4 is 5.32 Å². The summed E-state index contributed by atoms with van der Waals surface area (Å²) in [5.41, 5.74) is -0.880. The highest BCUT2D eigenvalue weighted by Crippen LogP contribution is 2.14. The molecular formula is C13H26N2O3. The summed E-state index contributed by atoms with van der Waals surface area (Å²) in [6.07, 6.45) is -0.415. The summed E-state index contributed by atoms with van der Waals surface area (Å²) in [5.74, 6) is -0.0358. The quantitative estimate of drug-likeness (QED) is 0.741. The molecule has 1 saturated heterocycles. The van der Waals surface area contributed by atoms with Crippen molar-refractivity contribution in [1.29, 1.82) is 0 Å². The standard InChI is InChI=1S/C13H26N2O3/c1-5-15-6-7-18-11(8-15)12(16)14-9-13(4,17)10(2)3/h10-11,17H,5-9H2,1-4H3,(H,14,16). The Morgan fingerprint density at radius 2 is 2.28 bits per heavy atom. The number of carbonyl (C=O) groups excluding carboxylic acids is 1. The molecule has 0 saturated carbocycles. The van der Waals surface area contributed by atoms with E-state index in [-0.39, 0.29) is 18.4 Å². The first kappa shape index (κ1) is 15.4. The smallest absolute Gasteiger partial charge is 0.250 e. The maximum atomic E-state index is 12.0. The van der Waals surface area contributed by atoms with Crippen LogP contribution in [0.25, 0.3) is 0 Å². The Kier molecular flexibility index (Phi) is 5.56. The second kappa shape index (κ2) is 6.50. The molecule has 0 aromatic heterocycles. The summed E-state index contributed by atoms with van der Waals surface area (Å²) >= 11 is 0. The van der Waals surface area contributed by atoms with Crippen molar-refractivity contribution in [1.82, 2.24) is 10.2 Å². The van der Waals surface area contributed by atoms with Gasteiger partial charge in [0.05, 0.1) is 12.2 Å². The third kappa shape index (κ3) is 4.23. The molecule has 1 heterocycles. The number of ether oxygens (including phenoxy) is 1. The van der Waals surface area contributed by atoms with Crippen molar-refractivity contribution in [2.75, 3.05) is 32.8 Å². The lowest BCUT2D eigenvalue weighted by molar-refractivity contribution is -0.139. The number of hydrogen-bond donors (Lipinski definition) is 2. The van der Waals surface area contributed by atoms with Crippen LogP contribution in [0.15, 0.2) is 0 Å². The zero-order chi connectivity index (χ0) is 13.8. The molecule has 2 N–H and O–H groups in total. The topological polar surface area (TPSA) is 61.8 Å². The number of morpholine rings is 1.